The maximum atomic E-state index is 12.4. The average molecular weight is 332 g/mol. The van der Waals surface area contributed by atoms with Crippen molar-refractivity contribution < 1.29 is 9.59 Å². The lowest BCUT2D eigenvalue weighted by atomic mass is 9.94. The van der Waals surface area contributed by atoms with Gasteiger partial charge in [-0.1, -0.05) is 20.8 Å². The molecule has 2 amide bonds. The molecule has 3 unspecified atom stereocenters. The molecule has 0 aromatic heterocycles. The van der Waals surface area contributed by atoms with Crippen LogP contribution in [0.3, 0.4) is 0 Å². The van der Waals surface area contributed by atoms with E-state index in [0.717, 1.165) is 32.4 Å². The van der Waals surface area contributed by atoms with Gasteiger partial charge in [0.05, 0.1) is 5.92 Å². The summed E-state index contributed by atoms with van der Waals surface area (Å²) in [7, 11) is 0. The van der Waals surface area contributed by atoms with E-state index in [1.165, 1.54) is 0 Å². The number of rotatable bonds is 5. The summed E-state index contributed by atoms with van der Waals surface area (Å²) in [6, 6.07) is 0.532. The summed E-state index contributed by atoms with van der Waals surface area (Å²) in [5.41, 5.74) is 0. The molecule has 2 aliphatic heterocycles. The van der Waals surface area contributed by atoms with Gasteiger partial charge in [-0.05, 0) is 38.3 Å². The Morgan fingerprint density at radius 2 is 2.09 bits per heavy atom. The van der Waals surface area contributed by atoms with E-state index in [9.17, 15) is 9.59 Å². The van der Waals surface area contributed by atoms with E-state index in [4.69, 9.17) is 0 Å². The predicted octanol–water partition coefficient (Wildman–Crippen LogP) is 1.56. The molecule has 128 valence electrons. The largest absolute Gasteiger partial charge is 0.353 e. The quantitative estimate of drug-likeness (QED) is 0.803. The first-order valence-electron chi connectivity index (χ1n) is 8.37. The van der Waals surface area contributed by atoms with Crippen molar-refractivity contribution in [2.45, 2.75) is 58.5 Å². The lowest BCUT2D eigenvalue weighted by Gasteiger charge is -2.31. The highest BCUT2D eigenvalue weighted by molar-refractivity contribution is 5.89. The summed E-state index contributed by atoms with van der Waals surface area (Å²) in [5, 5.41) is 6.51. The fourth-order valence-electron chi connectivity index (χ4n) is 3.52. The van der Waals surface area contributed by atoms with Crippen LogP contribution in [0.1, 0.15) is 46.5 Å². The Bertz CT molecular complexity index is 388. The van der Waals surface area contributed by atoms with E-state index in [2.05, 4.69) is 31.4 Å². The van der Waals surface area contributed by atoms with Crippen LogP contribution >= 0.6 is 12.4 Å². The van der Waals surface area contributed by atoms with Gasteiger partial charge in [-0.3, -0.25) is 9.59 Å². The molecule has 2 N–H and O–H groups in total. The van der Waals surface area contributed by atoms with E-state index in [-0.39, 0.29) is 42.2 Å². The fourth-order valence-corrected chi connectivity index (χ4v) is 3.52. The topological polar surface area (TPSA) is 61.4 Å². The molecule has 0 spiro atoms. The standard InChI is InChI=1S/C16H29N3O2.ClH/c1-4-13(5-2)19-10-12(8-15(19)20)16(21)18-14-6-7-17-9-11(14)3;/h11-14,17H,4-10H2,1-3H3,(H,18,21);1H. The SMILES string of the molecule is CCC(CC)N1CC(C(=O)NC2CCNCC2C)CC1=O.Cl. The van der Waals surface area contributed by atoms with Crippen LogP contribution in [0.25, 0.3) is 0 Å². The Morgan fingerprint density at radius 1 is 1.41 bits per heavy atom. The molecule has 0 aromatic rings. The third-order valence-electron chi connectivity index (χ3n) is 5.03. The number of nitrogens with one attached hydrogen (secondary N) is 2. The molecule has 22 heavy (non-hydrogen) atoms. The lowest BCUT2D eigenvalue weighted by Crippen LogP contribution is -2.50. The van der Waals surface area contributed by atoms with Crippen molar-refractivity contribution in [2.75, 3.05) is 19.6 Å². The molecule has 2 rings (SSSR count). The van der Waals surface area contributed by atoms with Crippen LogP contribution in [-0.2, 0) is 9.59 Å². The molecule has 0 bridgehead atoms. The molecule has 6 heteroatoms. The third kappa shape index (κ3) is 4.35. The second kappa shape index (κ2) is 8.73. The first-order valence-corrected chi connectivity index (χ1v) is 8.37. The van der Waals surface area contributed by atoms with Gasteiger partial charge in [-0.15, -0.1) is 12.4 Å². The van der Waals surface area contributed by atoms with Gasteiger partial charge in [0.2, 0.25) is 11.8 Å². The minimum atomic E-state index is -0.166. The van der Waals surface area contributed by atoms with Crippen molar-refractivity contribution in [1.82, 2.24) is 15.5 Å². The Labute approximate surface area is 140 Å². The average Bonchev–Trinajstić information content (AvgIpc) is 2.85. The molecule has 0 radical (unpaired) electrons. The number of carbonyl (C=O) groups is 2. The summed E-state index contributed by atoms with van der Waals surface area (Å²) in [6.07, 6.45) is 3.27. The van der Waals surface area contributed by atoms with Crippen molar-refractivity contribution in [1.29, 1.82) is 0 Å². The molecule has 0 aliphatic carbocycles. The van der Waals surface area contributed by atoms with Gasteiger partial charge in [-0.2, -0.15) is 0 Å². The van der Waals surface area contributed by atoms with Crippen LogP contribution in [-0.4, -0.2) is 48.4 Å². The van der Waals surface area contributed by atoms with Gasteiger partial charge in [0.25, 0.3) is 0 Å². The zero-order valence-corrected chi connectivity index (χ0v) is 14.7. The van der Waals surface area contributed by atoms with Gasteiger partial charge >= 0.3 is 0 Å². The highest BCUT2D eigenvalue weighted by Gasteiger charge is 2.37. The van der Waals surface area contributed by atoms with Crippen molar-refractivity contribution in [3.05, 3.63) is 0 Å². The van der Waals surface area contributed by atoms with Gasteiger partial charge in [0, 0.05) is 25.0 Å². The molecule has 3 atom stereocenters. The van der Waals surface area contributed by atoms with Crippen LogP contribution in [0.2, 0.25) is 0 Å². The molecule has 0 saturated carbocycles. The zero-order valence-electron chi connectivity index (χ0n) is 13.9. The van der Waals surface area contributed by atoms with Gasteiger partial charge in [-0.25, -0.2) is 0 Å². The predicted molar refractivity (Wildman–Crippen MR) is 90.0 cm³/mol. The van der Waals surface area contributed by atoms with Crippen LogP contribution in [0.5, 0.6) is 0 Å². The van der Waals surface area contributed by atoms with Crippen LogP contribution in [0.15, 0.2) is 0 Å². The number of hydrogen-bond acceptors (Lipinski definition) is 3. The highest BCUT2D eigenvalue weighted by atomic mass is 35.5. The number of carbonyl (C=O) groups excluding carboxylic acids is 2. The molecule has 2 saturated heterocycles. The number of hydrogen-bond donors (Lipinski definition) is 2. The Morgan fingerprint density at radius 3 is 2.68 bits per heavy atom. The molecule has 2 aliphatic rings. The van der Waals surface area contributed by atoms with E-state index < -0.39 is 0 Å². The summed E-state index contributed by atoms with van der Waals surface area (Å²) in [5.74, 6) is 0.493. The molecular weight excluding hydrogens is 302 g/mol. The van der Waals surface area contributed by atoms with E-state index in [1.54, 1.807) is 0 Å². The zero-order chi connectivity index (χ0) is 15.4. The molecule has 0 aromatic carbocycles. The van der Waals surface area contributed by atoms with Crippen LogP contribution in [0.4, 0.5) is 0 Å². The minimum Gasteiger partial charge on any atom is -0.353 e. The highest BCUT2D eigenvalue weighted by Crippen LogP contribution is 2.24. The van der Waals surface area contributed by atoms with Crippen molar-refractivity contribution in [3.63, 3.8) is 0 Å². The number of likely N-dealkylation sites (tertiary alicyclic amines) is 1. The summed E-state index contributed by atoms with van der Waals surface area (Å²) in [4.78, 5) is 26.5. The van der Waals surface area contributed by atoms with E-state index >= 15 is 0 Å². The Balaban J connectivity index is 0.00000242. The maximum absolute atomic E-state index is 12.4. The van der Waals surface area contributed by atoms with Crippen molar-refractivity contribution >= 4 is 24.2 Å². The fraction of sp³-hybridized carbons (Fsp3) is 0.875. The van der Waals surface area contributed by atoms with Gasteiger partial charge in [0.1, 0.15) is 0 Å². The van der Waals surface area contributed by atoms with Gasteiger partial charge in [0.15, 0.2) is 0 Å². The molecular formula is C16H30ClN3O2. The molecule has 5 nitrogen and oxygen atoms in total. The number of amides is 2. The van der Waals surface area contributed by atoms with Crippen molar-refractivity contribution in [3.8, 4) is 0 Å². The Kier molecular flexibility index (Phi) is 7.63. The second-order valence-corrected chi connectivity index (χ2v) is 6.50. The lowest BCUT2D eigenvalue weighted by molar-refractivity contribution is -0.130. The number of nitrogens with zero attached hydrogens (tertiary/aromatic N) is 1. The number of halogens is 1. The third-order valence-corrected chi connectivity index (χ3v) is 5.03. The monoisotopic (exact) mass is 331 g/mol. The maximum Gasteiger partial charge on any atom is 0.225 e. The van der Waals surface area contributed by atoms with Gasteiger partial charge < -0.3 is 15.5 Å². The second-order valence-electron chi connectivity index (χ2n) is 6.50. The number of piperidine rings is 1. The van der Waals surface area contributed by atoms with Crippen molar-refractivity contribution in [2.24, 2.45) is 11.8 Å². The van der Waals surface area contributed by atoms with E-state index in [1.807, 2.05) is 4.90 Å². The first kappa shape index (κ1) is 19.2. The first-order chi connectivity index (χ1) is 10.1. The summed E-state index contributed by atoms with van der Waals surface area (Å²) < 4.78 is 0. The minimum absolute atomic E-state index is 0. The molecule has 2 fully saturated rings. The van der Waals surface area contributed by atoms with Crippen LogP contribution < -0.4 is 10.6 Å². The summed E-state index contributed by atoms with van der Waals surface area (Å²) >= 11 is 0. The summed E-state index contributed by atoms with van der Waals surface area (Å²) in [6.45, 7) is 8.87. The normalized spacial score (nSPS) is 28.6. The van der Waals surface area contributed by atoms with E-state index in [0.29, 0.717) is 18.9 Å². The smallest absolute Gasteiger partial charge is 0.225 e. The Hall–Kier alpha value is -0.810. The molecule has 2 heterocycles. The van der Waals surface area contributed by atoms with Crippen LogP contribution in [0, 0.1) is 11.8 Å².